The van der Waals surface area contributed by atoms with E-state index < -0.39 is 0 Å². The molecule has 2 aliphatic heterocycles. The molecule has 4 rings (SSSR count). The summed E-state index contributed by atoms with van der Waals surface area (Å²) in [5.74, 6) is 0.391. The van der Waals surface area contributed by atoms with E-state index in [9.17, 15) is 4.79 Å². The van der Waals surface area contributed by atoms with Gasteiger partial charge in [-0.1, -0.05) is 36.4 Å². The Morgan fingerprint density at radius 2 is 1.59 bits per heavy atom. The summed E-state index contributed by atoms with van der Waals surface area (Å²) < 4.78 is 4.82. The summed E-state index contributed by atoms with van der Waals surface area (Å²) in [6.45, 7) is 4.31. The van der Waals surface area contributed by atoms with E-state index in [0.717, 1.165) is 45.4 Å². The predicted molar refractivity (Wildman–Crippen MR) is 118 cm³/mol. The Kier molecular flexibility index (Phi) is 6.50. The first-order valence-electron chi connectivity index (χ1n) is 11.0. The number of ether oxygens (including phenoxy) is 1. The summed E-state index contributed by atoms with van der Waals surface area (Å²) in [6, 6.07) is 17.7. The van der Waals surface area contributed by atoms with E-state index in [1.807, 2.05) is 0 Å². The van der Waals surface area contributed by atoms with Crippen molar-refractivity contribution in [2.24, 2.45) is 5.92 Å². The highest BCUT2D eigenvalue weighted by atomic mass is 16.5. The number of nitrogens with zero attached hydrogens (tertiary/aromatic N) is 2. The van der Waals surface area contributed by atoms with Gasteiger partial charge in [-0.3, -0.25) is 4.79 Å². The molecule has 1 fully saturated rings. The fraction of sp³-hybridized carbons (Fsp3) is 0.480. The molecule has 0 radical (unpaired) electrons. The lowest BCUT2D eigenvalue weighted by Gasteiger charge is -2.27. The van der Waals surface area contributed by atoms with Gasteiger partial charge in [-0.05, 0) is 74.4 Å². The number of fused-ring (bicyclic) bond motifs is 2. The molecule has 1 atom stereocenters. The predicted octanol–water partition coefficient (Wildman–Crippen LogP) is 4.59. The van der Waals surface area contributed by atoms with Crippen molar-refractivity contribution in [3.63, 3.8) is 0 Å². The maximum absolute atomic E-state index is 11.5. The number of unbranched alkanes of at least 4 members (excludes halogenated alkanes) is 1. The van der Waals surface area contributed by atoms with Gasteiger partial charge in [-0.15, -0.1) is 0 Å². The third-order valence-corrected chi connectivity index (χ3v) is 6.39. The molecular weight excluding hydrogens is 360 g/mol. The van der Waals surface area contributed by atoms with E-state index in [-0.39, 0.29) is 5.97 Å². The largest absolute Gasteiger partial charge is 0.469 e. The van der Waals surface area contributed by atoms with Crippen molar-refractivity contribution in [3.8, 4) is 0 Å². The van der Waals surface area contributed by atoms with Crippen molar-refractivity contribution in [1.29, 1.82) is 0 Å². The van der Waals surface area contributed by atoms with Crippen LogP contribution in [0.1, 0.15) is 36.8 Å². The van der Waals surface area contributed by atoms with Crippen LogP contribution in [0.3, 0.4) is 0 Å². The number of carbonyl (C=O) groups excluding carboxylic acids is 1. The number of hydrogen-bond donors (Lipinski definition) is 0. The van der Waals surface area contributed by atoms with Crippen LogP contribution in [-0.4, -0.2) is 44.2 Å². The number of carbonyl (C=O) groups is 1. The molecule has 2 heterocycles. The van der Waals surface area contributed by atoms with E-state index >= 15 is 0 Å². The Hall–Kier alpha value is -2.33. The normalized spacial score (nSPS) is 18.8. The van der Waals surface area contributed by atoms with Crippen LogP contribution in [0, 0.1) is 5.92 Å². The first-order chi connectivity index (χ1) is 14.2. The van der Waals surface area contributed by atoms with Crippen LogP contribution in [-0.2, 0) is 22.4 Å². The Morgan fingerprint density at radius 3 is 2.24 bits per heavy atom. The van der Waals surface area contributed by atoms with Gasteiger partial charge in [0.2, 0.25) is 0 Å². The fourth-order valence-electron chi connectivity index (χ4n) is 4.82. The van der Waals surface area contributed by atoms with Crippen LogP contribution in [0.5, 0.6) is 0 Å². The van der Waals surface area contributed by atoms with Gasteiger partial charge in [0.25, 0.3) is 0 Å². The molecule has 0 aliphatic carbocycles. The van der Waals surface area contributed by atoms with Gasteiger partial charge in [0.1, 0.15) is 0 Å². The summed E-state index contributed by atoms with van der Waals surface area (Å²) in [5, 5.41) is 0. The summed E-state index contributed by atoms with van der Waals surface area (Å²) in [7, 11) is 1.48. The number of benzene rings is 2. The zero-order chi connectivity index (χ0) is 20.1. The molecule has 0 saturated carbocycles. The maximum atomic E-state index is 11.5. The molecule has 29 heavy (non-hydrogen) atoms. The number of para-hydroxylation sites is 2. The molecular formula is C25H32N2O2. The number of methoxy groups -OCH3 is 1. The van der Waals surface area contributed by atoms with Gasteiger partial charge in [0.05, 0.1) is 7.11 Å². The second kappa shape index (κ2) is 9.45. The minimum absolute atomic E-state index is 0.0738. The van der Waals surface area contributed by atoms with Gasteiger partial charge >= 0.3 is 5.97 Å². The molecule has 4 heteroatoms. The highest BCUT2D eigenvalue weighted by Crippen LogP contribution is 2.36. The summed E-state index contributed by atoms with van der Waals surface area (Å²) >= 11 is 0. The first kappa shape index (κ1) is 20.0. The number of hydrogen-bond acceptors (Lipinski definition) is 4. The topological polar surface area (TPSA) is 32.8 Å². The average molecular weight is 393 g/mol. The quantitative estimate of drug-likeness (QED) is 0.510. The van der Waals surface area contributed by atoms with Gasteiger partial charge < -0.3 is 14.5 Å². The van der Waals surface area contributed by atoms with E-state index in [2.05, 4.69) is 58.3 Å². The van der Waals surface area contributed by atoms with E-state index in [1.165, 1.54) is 42.5 Å². The second-order valence-corrected chi connectivity index (χ2v) is 8.35. The lowest BCUT2D eigenvalue weighted by atomic mass is 10.0. The maximum Gasteiger partial charge on any atom is 0.305 e. The molecule has 2 aromatic carbocycles. The molecule has 0 amide bonds. The molecule has 4 nitrogen and oxygen atoms in total. The molecule has 2 aliphatic rings. The Balaban J connectivity index is 1.34. The first-order valence-corrected chi connectivity index (χ1v) is 11.0. The van der Waals surface area contributed by atoms with Crippen molar-refractivity contribution in [2.75, 3.05) is 38.2 Å². The van der Waals surface area contributed by atoms with Crippen molar-refractivity contribution in [1.82, 2.24) is 4.90 Å². The number of aryl methyl sites for hydroxylation is 2. The van der Waals surface area contributed by atoms with Crippen LogP contribution < -0.4 is 4.90 Å². The Labute approximate surface area is 174 Å². The molecule has 0 spiro atoms. The van der Waals surface area contributed by atoms with Crippen molar-refractivity contribution < 1.29 is 9.53 Å². The van der Waals surface area contributed by atoms with Gasteiger partial charge in [0, 0.05) is 30.9 Å². The monoisotopic (exact) mass is 392 g/mol. The van der Waals surface area contributed by atoms with Crippen LogP contribution in [0.25, 0.3) is 0 Å². The lowest BCUT2D eigenvalue weighted by molar-refractivity contribution is -0.141. The van der Waals surface area contributed by atoms with Crippen LogP contribution in [0.4, 0.5) is 11.4 Å². The smallest absolute Gasteiger partial charge is 0.305 e. The Bertz CT molecular complexity index is 788. The van der Waals surface area contributed by atoms with Gasteiger partial charge in [-0.25, -0.2) is 0 Å². The standard InChI is InChI=1S/C25H32N2O2/c1-29-25(28)18-20-14-17-26(19-20)15-6-7-16-27-23-10-4-2-8-21(23)12-13-22-9-3-5-11-24(22)27/h2-5,8-11,20H,6-7,12-19H2,1H3. The Morgan fingerprint density at radius 1 is 0.966 bits per heavy atom. The van der Waals surface area contributed by atoms with Crippen LogP contribution in [0.2, 0.25) is 0 Å². The molecule has 2 aromatic rings. The average Bonchev–Trinajstić information content (AvgIpc) is 3.13. The summed E-state index contributed by atoms with van der Waals surface area (Å²) in [5.41, 5.74) is 5.65. The molecule has 1 unspecified atom stereocenters. The number of rotatable bonds is 7. The van der Waals surface area contributed by atoms with Gasteiger partial charge in [0.15, 0.2) is 0 Å². The minimum Gasteiger partial charge on any atom is -0.469 e. The molecule has 1 saturated heterocycles. The number of likely N-dealkylation sites (tertiary alicyclic amines) is 1. The minimum atomic E-state index is -0.0738. The highest BCUT2D eigenvalue weighted by molar-refractivity contribution is 5.71. The van der Waals surface area contributed by atoms with Crippen LogP contribution >= 0.6 is 0 Å². The molecule has 154 valence electrons. The van der Waals surface area contributed by atoms with E-state index in [4.69, 9.17) is 4.74 Å². The number of esters is 1. The fourth-order valence-corrected chi connectivity index (χ4v) is 4.82. The van der Waals surface area contributed by atoms with E-state index in [1.54, 1.807) is 0 Å². The van der Waals surface area contributed by atoms with Crippen molar-refractivity contribution >= 4 is 17.3 Å². The van der Waals surface area contributed by atoms with Crippen molar-refractivity contribution in [3.05, 3.63) is 59.7 Å². The molecule has 0 aromatic heterocycles. The zero-order valence-corrected chi connectivity index (χ0v) is 17.5. The lowest BCUT2D eigenvalue weighted by Crippen LogP contribution is -2.24. The van der Waals surface area contributed by atoms with Crippen LogP contribution in [0.15, 0.2) is 48.5 Å². The highest BCUT2D eigenvalue weighted by Gasteiger charge is 2.25. The summed E-state index contributed by atoms with van der Waals surface area (Å²) in [6.07, 6.45) is 6.25. The SMILES string of the molecule is COC(=O)CC1CCN(CCCCN2c3ccccc3CCc3ccccc32)C1. The third-order valence-electron chi connectivity index (χ3n) is 6.39. The molecule has 0 bridgehead atoms. The van der Waals surface area contributed by atoms with E-state index in [0.29, 0.717) is 12.3 Å². The van der Waals surface area contributed by atoms with Gasteiger partial charge in [-0.2, -0.15) is 0 Å². The zero-order valence-electron chi connectivity index (χ0n) is 17.5. The third kappa shape index (κ3) is 4.81. The number of anilines is 2. The second-order valence-electron chi connectivity index (χ2n) is 8.35. The summed E-state index contributed by atoms with van der Waals surface area (Å²) in [4.78, 5) is 16.5. The van der Waals surface area contributed by atoms with Crippen molar-refractivity contribution in [2.45, 2.75) is 38.5 Å². The molecule has 0 N–H and O–H groups in total.